The number of aromatic nitrogens is 7. The maximum absolute atomic E-state index is 12.7. The van der Waals surface area contributed by atoms with E-state index in [9.17, 15) is 9.59 Å². The Bertz CT molecular complexity index is 1410. The molecule has 0 bridgehead atoms. The van der Waals surface area contributed by atoms with Gasteiger partial charge < -0.3 is 14.8 Å². The molecule has 11 nitrogen and oxygen atoms in total. The first-order chi connectivity index (χ1) is 16.1. The van der Waals surface area contributed by atoms with E-state index in [1.54, 1.807) is 10.8 Å². The average Bonchev–Trinajstić information content (AvgIpc) is 3.52. The third kappa shape index (κ3) is 3.43. The van der Waals surface area contributed by atoms with Gasteiger partial charge in [-0.1, -0.05) is 0 Å². The molecule has 1 saturated carbocycles. The number of H-pyrrole nitrogens is 1. The summed E-state index contributed by atoms with van der Waals surface area (Å²) in [5, 5.41) is 2.98. The van der Waals surface area contributed by atoms with Crippen molar-refractivity contribution in [3.05, 3.63) is 41.0 Å². The molecule has 0 aromatic carbocycles. The van der Waals surface area contributed by atoms with E-state index in [0.29, 0.717) is 35.1 Å². The maximum Gasteiger partial charge on any atom is 0.327 e. The third-order valence-electron chi connectivity index (χ3n) is 6.71. The predicted molar refractivity (Wildman–Crippen MR) is 122 cm³/mol. The molecule has 2 N–H and O–H groups in total. The minimum Gasteiger partial charge on any atom is -0.355 e. The standard InChI is InChI=1S/C22H25N9O2/c1-29-18-16(27-20(29)21(32)24-11-13-4-5-13)19(26-12-25-18)30-9-6-14(7-10-30)31-15-3-2-8-23-17(15)28-22(31)33/h2-3,8,12-14H,4-7,9-11H2,1H3,(H,24,32)(H,23,28,33). The van der Waals surface area contributed by atoms with E-state index < -0.39 is 0 Å². The molecule has 1 saturated heterocycles. The van der Waals surface area contributed by atoms with E-state index in [1.807, 2.05) is 23.7 Å². The zero-order chi connectivity index (χ0) is 22.5. The Morgan fingerprint density at radius 1 is 1.18 bits per heavy atom. The van der Waals surface area contributed by atoms with Gasteiger partial charge in [-0.15, -0.1) is 0 Å². The van der Waals surface area contributed by atoms with Crippen molar-refractivity contribution in [2.75, 3.05) is 24.5 Å². The van der Waals surface area contributed by atoms with E-state index >= 15 is 0 Å². The second-order valence-electron chi connectivity index (χ2n) is 8.91. The molecular formula is C22H25N9O2. The fourth-order valence-corrected chi connectivity index (χ4v) is 4.72. The van der Waals surface area contributed by atoms with Crippen LogP contribution in [-0.2, 0) is 7.05 Å². The van der Waals surface area contributed by atoms with Crippen LogP contribution in [0.3, 0.4) is 0 Å². The first-order valence-corrected chi connectivity index (χ1v) is 11.4. The second-order valence-corrected chi connectivity index (χ2v) is 8.91. The molecule has 5 heterocycles. The number of hydrogen-bond acceptors (Lipinski definition) is 7. The van der Waals surface area contributed by atoms with Gasteiger partial charge in [-0.2, -0.15) is 0 Å². The minimum absolute atomic E-state index is 0.0801. The van der Waals surface area contributed by atoms with Crippen molar-refractivity contribution in [3.63, 3.8) is 0 Å². The molecule has 0 atom stereocenters. The Morgan fingerprint density at radius 2 is 2.00 bits per heavy atom. The van der Waals surface area contributed by atoms with Crippen LogP contribution >= 0.6 is 0 Å². The van der Waals surface area contributed by atoms with Crippen LogP contribution in [-0.4, -0.2) is 59.6 Å². The summed E-state index contributed by atoms with van der Waals surface area (Å²) in [6.07, 6.45) is 7.13. The Hall–Kier alpha value is -3.76. The minimum atomic E-state index is -0.181. The van der Waals surface area contributed by atoms with E-state index in [-0.39, 0.29) is 17.6 Å². The molecule has 170 valence electrons. The molecule has 11 heteroatoms. The number of nitrogens with zero attached hydrogens (tertiary/aromatic N) is 7. The molecule has 1 amide bonds. The molecule has 0 spiro atoms. The topological polar surface area (TPSA) is 127 Å². The van der Waals surface area contributed by atoms with Crippen LogP contribution in [0, 0.1) is 5.92 Å². The summed E-state index contributed by atoms with van der Waals surface area (Å²) in [6.45, 7) is 2.13. The zero-order valence-corrected chi connectivity index (χ0v) is 18.4. The second kappa shape index (κ2) is 7.68. The van der Waals surface area contributed by atoms with Gasteiger partial charge in [0.05, 0.1) is 5.52 Å². The number of amides is 1. The smallest absolute Gasteiger partial charge is 0.327 e. The summed E-state index contributed by atoms with van der Waals surface area (Å²) in [4.78, 5) is 48.0. The highest BCUT2D eigenvalue weighted by atomic mass is 16.2. The van der Waals surface area contributed by atoms with Crippen LogP contribution < -0.4 is 15.9 Å². The summed E-state index contributed by atoms with van der Waals surface area (Å²) in [7, 11) is 1.81. The normalized spacial score (nSPS) is 17.2. The van der Waals surface area contributed by atoms with Gasteiger partial charge in [0.15, 0.2) is 22.6 Å². The molecule has 4 aromatic rings. The number of rotatable bonds is 5. The number of aryl methyl sites for hydroxylation is 1. The van der Waals surface area contributed by atoms with Crippen molar-refractivity contribution in [2.24, 2.45) is 13.0 Å². The molecule has 1 aliphatic carbocycles. The first kappa shape index (κ1) is 19.9. The number of hydrogen-bond donors (Lipinski definition) is 2. The number of piperidine rings is 1. The number of imidazole rings is 2. The van der Waals surface area contributed by atoms with Gasteiger partial charge in [-0.3, -0.25) is 14.3 Å². The van der Waals surface area contributed by atoms with Gasteiger partial charge in [0.2, 0.25) is 5.82 Å². The largest absolute Gasteiger partial charge is 0.355 e. The number of pyridine rings is 1. The van der Waals surface area contributed by atoms with Crippen LogP contribution in [0.4, 0.5) is 5.82 Å². The summed E-state index contributed by atoms with van der Waals surface area (Å²) in [6, 6.07) is 3.85. The number of aromatic amines is 1. The van der Waals surface area contributed by atoms with Crippen LogP contribution in [0.15, 0.2) is 29.5 Å². The van der Waals surface area contributed by atoms with Crippen molar-refractivity contribution in [1.82, 2.24) is 39.4 Å². The third-order valence-corrected chi connectivity index (χ3v) is 6.71. The molecular weight excluding hydrogens is 422 g/mol. The Morgan fingerprint density at radius 3 is 2.79 bits per heavy atom. The van der Waals surface area contributed by atoms with Crippen molar-refractivity contribution in [2.45, 2.75) is 31.7 Å². The molecule has 1 aliphatic heterocycles. The molecule has 0 unspecified atom stereocenters. The Kier molecular flexibility index (Phi) is 4.63. The number of carbonyl (C=O) groups is 1. The average molecular weight is 448 g/mol. The lowest BCUT2D eigenvalue weighted by molar-refractivity contribution is 0.0939. The Labute approximate surface area is 188 Å². The summed E-state index contributed by atoms with van der Waals surface area (Å²) in [5.41, 5.74) is 2.58. The molecule has 2 aliphatic rings. The van der Waals surface area contributed by atoms with Gasteiger partial charge in [0, 0.05) is 38.9 Å². The highest BCUT2D eigenvalue weighted by Gasteiger charge is 2.28. The SMILES string of the molecule is Cn1c(C(=O)NCC2CC2)nc2c(N3CCC(n4c(=O)[nH]c5ncccc54)CC3)ncnc21. The van der Waals surface area contributed by atoms with Crippen molar-refractivity contribution in [1.29, 1.82) is 0 Å². The summed E-state index contributed by atoms with van der Waals surface area (Å²) < 4.78 is 3.55. The molecule has 0 radical (unpaired) electrons. The van der Waals surface area contributed by atoms with Gasteiger partial charge >= 0.3 is 5.69 Å². The first-order valence-electron chi connectivity index (χ1n) is 11.4. The predicted octanol–water partition coefficient (Wildman–Crippen LogP) is 1.38. The fraction of sp³-hybridized carbons (Fsp3) is 0.455. The van der Waals surface area contributed by atoms with Gasteiger partial charge in [-0.25, -0.2) is 24.7 Å². The van der Waals surface area contributed by atoms with Gasteiger partial charge in [-0.05, 0) is 43.7 Å². The van der Waals surface area contributed by atoms with Crippen LogP contribution in [0.25, 0.3) is 22.3 Å². The quantitative estimate of drug-likeness (QED) is 0.473. The van der Waals surface area contributed by atoms with Crippen LogP contribution in [0.5, 0.6) is 0 Å². The summed E-state index contributed by atoms with van der Waals surface area (Å²) in [5.74, 6) is 1.49. The molecule has 33 heavy (non-hydrogen) atoms. The van der Waals surface area contributed by atoms with E-state index in [2.05, 4.69) is 35.1 Å². The van der Waals surface area contributed by atoms with E-state index in [4.69, 9.17) is 0 Å². The maximum atomic E-state index is 12.7. The lowest BCUT2D eigenvalue weighted by atomic mass is 10.0. The zero-order valence-electron chi connectivity index (χ0n) is 18.4. The number of anilines is 1. The molecule has 2 fully saturated rings. The fourth-order valence-electron chi connectivity index (χ4n) is 4.72. The van der Waals surface area contributed by atoms with E-state index in [0.717, 1.165) is 37.3 Å². The molecule has 4 aromatic heterocycles. The Balaban J connectivity index is 1.25. The lowest BCUT2D eigenvalue weighted by Crippen LogP contribution is -2.37. The van der Waals surface area contributed by atoms with Crippen molar-refractivity contribution < 1.29 is 4.79 Å². The number of carbonyl (C=O) groups excluding carboxylic acids is 1. The van der Waals surface area contributed by atoms with Gasteiger partial charge in [0.25, 0.3) is 5.91 Å². The van der Waals surface area contributed by atoms with Crippen LogP contribution in [0.2, 0.25) is 0 Å². The van der Waals surface area contributed by atoms with Gasteiger partial charge in [0.1, 0.15) is 6.33 Å². The highest BCUT2D eigenvalue weighted by Crippen LogP contribution is 2.30. The number of nitrogens with one attached hydrogen (secondary N) is 2. The monoisotopic (exact) mass is 447 g/mol. The van der Waals surface area contributed by atoms with E-state index in [1.165, 1.54) is 19.2 Å². The lowest BCUT2D eigenvalue weighted by Gasteiger charge is -2.33. The number of fused-ring (bicyclic) bond motifs is 2. The van der Waals surface area contributed by atoms with Crippen molar-refractivity contribution in [3.8, 4) is 0 Å². The molecule has 6 rings (SSSR count). The van der Waals surface area contributed by atoms with Crippen molar-refractivity contribution >= 4 is 34.1 Å². The van der Waals surface area contributed by atoms with Crippen LogP contribution in [0.1, 0.15) is 42.3 Å². The highest BCUT2D eigenvalue weighted by molar-refractivity contribution is 5.96. The summed E-state index contributed by atoms with van der Waals surface area (Å²) >= 11 is 0.